The minimum absolute atomic E-state index is 0.0708. The van der Waals surface area contributed by atoms with Gasteiger partial charge in [0.05, 0.1) is 25.8 Å². The Morgan fingerprint density at radius 2 is 1.73 bits per heavy atom. The molecule has 0 unspecified atom stereocenters. The molecule has 8 heteroatoms. The smallest absolute Gasteiger partial charge is 0.435 e. The summed E-state index contributed by atoms with van der Waals surface area (Å²) >= 11 is 0. The highest BCUT2D eigenvalue weighted by Crippen LogP contribution is 2.25. The predicted octanol–water partition coefficient (Wildman–Crippen LogP) is 4.35. The first-order chi connectivity index (χ1) is 15.8. The molecule has 1 heterocycles. The number of ether oxygens (including phenoxy) is 2. The van der Waals surface area contributed by atoms with Gasteiger partial charge in [-0.15, -0.1) is 0 Å². The van der Waals surface area contributed by atoms with Crippen LogP contribution in [-0.2, 0) is 11.3 Å². The van der Waals surface area contributed by atoms with E-state index in [-0.39, 0.29) is 18.3 Å². The van der Waals surface area contributed by atoms with Crippen molar-refractivity contribution < 1.29 is 19.1 Å². The van der Waals surface area contributed by atoms with Gasteiger partial charge < -0.3 is 25.1 Å². The van der Waals surface area contributed by atoms with Gasteiger partial charge in [-0.3, -0.25) is 4.79 Å². The average Bonchev–Trinajstić information content (AvgIpc) is 3.15. The normalized spacial score (nSPS) is 11.2. The van der Waals surface area contributed by atoms with Crippen molar-refractivity contribution in [2.45, 2.75) is 27.3 Å². The van der Waals surface area contributed by atoms with Gasteiger partial charge in [0.1, 0.15) is 11.6 Å². The Morgan fingerprint density at radius 3 is 2.27 bits per heavy atom. The number of amidine groups is 1. The van der Waals surface area contributed by atoms with E-state index in [4.69, 9.17) is 15.2 Å². The van der Waals surface area contributed by atoms with Crippen LogP contribution in [0.1, 0.15) is 39.8 Å². The van der Waals surface area contributed by atoms with E-state index in [1.165, 1.54) is 0 Å². The van der Waals surface area contributed by atoms with Crippen molar-refractivity contribution in [1.29, 1.82) is 0 Å². The number of hydrogen-bond acceptors (Lipinski definition) is 4. The zero-order valence-electron chi connectivity index (χ0n) is 19.2. The molecule has 33 heavy (non-hydrogen) atoms. The quantitative estimate of drug-likeness (QED) is 0.412. The Labute approximate surface area is 193 Å². The number of carbonyl (C=O) groups is 2. The molecule has 3 N–H and O–H groups in total. The van der Waals surface area contributed by atoms with Crippen molar-refractivity contribution in [3.63, 3.8) is 0 Å². The summed E-state index contributed by atoms with van der Waals surface area (Å²) in [4.78, 5) is 33.6. The van der Waals surface area contributed by atoms with Crippen molar-refractivity contribution in [1.82, 2.24) is 4.98 Å². The zero-order valence-corrected chi connectivity index (χ0v) is 19.2. The van der Waals surface area contributed by atoms with E-state index in [0.717, 1.165) is 22.6 Å². The first-order valence-corrected chi connectivity index (χ1v) is 10.5. The molecule has 0 atom stereocenters. The zero-order chi connectivity index (χ0) is 24.0. The van der Waals surface area contributed by atoms with E-state index in [1.807, 2.05) is 56.3 Å². The average molecular weight is 449 g/mol. The van der Waals surface area contributed by atoms with E-state index >= 15 is 0 Å². The fourth-order valence-corrected chi connectivity index (χ4v) is 3.42. The predicted molar refractivity (Wildman–Crippen MR) is 128 cm³/mol. The molecule has 0 aliphatic rings. The van der Waals surface area contributed by atoms with Gasteiger partial charge in [-0.1, -0.05) is 24.3 Å². The number of nitrogens with zero attached hydrogens (tertiary/aromatic N) is 2. The number of rotatable bonds is 7. The summed E-state index contributed by atoms with van der Waals surface area (Å²) in [5.41, 5.74) is 10.5. The fourth-order valence-electron chi connectivity index (χ4n) is 3.42. The Morgan fingerprint density at radius 1 is 1.06 bits per heavy atom. The van der Waals surface area contributed by atoms with Crippen LogP contribution >= 0.6 is 0 Å². The van der Waals surface area contributed by atoms with Gasteiger partial charge in [-0.05, 0) is 56.7 Å². The lowest BCUT2D eigenvalue weighted by Gasteiger charge is -2.23. The summed E-state index contributed by atoms with van der Waals surface area (Å²) in [7, 11) is 1.60. The number of benzene rings is 2. The number of aromatic amines is 1. The number of nitrogens with one attached hydrogen (secondary N) is 1. The van der Waals surface area contributed by atoms with Crippen LogP contribution < -0.4 is 15.4 Å². The van der Waals surface area contributed by atoms with Crippen LogP contribution in [0, 0.1) is 13.8 Å². The number of anilines is 1. The number of carbonyl (C=O) groups excluding carboxylic acids is 2. The van der Waals surface area contributed by atoms with Crippen LogP contribution in [-0.4, -0.2) is 36.5 Å². The summed E-state index contributed by atoms with van der Waals surface area (Å²) in [5, 5.41) is 0. The Bertz CT molecular complexity index is 1150. The lowest BCUT2D eigenvalue weighted by Crippen LogP contribution is -2.30. The highest BCUT2D eigenvalue weighted by Gasteiger charge is 2.21. The largest absolute Gasteiger partial charge is 0.497 e. The van der Waals surface area contributed by atoms with E-state index in [1.54, 1.807) is 31.1 Å². The van der Waals surface area contributed by atoms with Gasteiger partial charge in [0.2, 0.25) is 0 Å². The molecule has 2 aromatic carbocycles. The molecule has 0 aliphatic heterocycles. The summed E-state index contributed by atoms with van der Waals surface area (Å²) in [6.07, 6.45) is -0.729. The van der Waals surface area contributed by atoms with Crippen molar-refractivity contribution in [2.75, 3.05) is 18.6 Å². The minimum Gasteiger partial charge on any atom is -0.497 e. The van der Waals surface area contributed by atoms with Gasteiger partial charge in [0, 0.05) is 22.6 Å². The Balaban J connectivity index is 1.89. The first-order valence-electron chi connectivity index (χ1n) is 10.5. The molecule has 0 aliphatic carbocycles. The molecule has 2 amide bonds. The number of H-pyrrole nitrogens is 1. The summed E-state index contributed by atoms with van der Waals surface area (Å²) in [6, 6.07) is 16.4. The molecular formula is C25H28N4O4. The van der Waals surface area contributed by atoms with Crippen molar-refractivity contribution in [3.05, 3.63) is 82.7 Å². The minimum atomic E-state index is -0.729. The standard InChI is InChI=1S/C25H28N4O4/c1-5-33-25(31)28-23(26)19-8-6-18(7-9-19)15-29(20-10-12-21(32-4)13-11-20)24(30)22-14-16(2)27-17(22)3/h6-14,27H,5,15H2,1-4H3,(H2,26,28,31). The molecule has 3 aromatic rings. The number of aromatic nitrogens is 1. The molecule has 0 radical (unpaired) electrons. The van der Waals surface area contributed by atoms with Crippen LogP contribution in [0.25, 0.3) is 0 Å². The number of aliphatic imine (C=N–C) groups is 1. The molecule has 172 valence electrons. The lowest BCUT2D eigenvalue weighted by molar-refractivity contribution is 0.0984. The lowest BCUT2D eigenvalue weighted by atomic mass is 10.1. The van der Waals surface area contributed by atoms with E-state index in [2.05, 4.69) is 9.98 Å². The van der Waals surface area contributed by atoms with Crippen LogP contribution in [0.3, 0.4) is 0 Å². The van der Waals surface area contributed by atoms with Gasteiger partial charge in [-0.25, -0.2) is 4.79 Å². The molecule has 0 fully saturated rings. The maximum atomic E-state index is 13.5. The monoisotopic (exact) mass is 448 g/mol. The van der Waals surface area contributed by atoms with Crippen LogP contribution in [0.2, 0.25) is 0 Å². The third kappa shape index (κ3) is 5.79. The molecule has 0 saturated heterocycles. The second kappa shape index (κ2) is 10.5. The molecule has 0 bridgehead atoms. The van der Waals surface area contributed by atoms with Crippen LogP contribution in [0.15, 0.2) is 59.6 Å². The highest BCUT2D eigenvalue weighted by molar-refractivity contribution is 6.07. The van der Waals surface area contributed by atoms with Crippen molar-refractivity contribution in [3.8, 4) is 5.75 Å². The Kier molecular flexibility index (Phi) is 7.50. The summed E-state index contributed by atoms with van der Waals surface area (Å²) in [6.45, 7) is 6.06. The number of hydrogen-bond donors (Lipinski definition) is 2. The SMILES string of the molecule is CCOC(=O)N=C(N)c1ccc(CN(C(=O)c2cc(C)[nH]c2C)c2ccc(OC)cc2)cc1. The maximum absolute atomic E-state index is 13.5. The Hall–Kier alpha value is -4.07. The van der Waals surface area contributed by atoms with Crippen LogP contribution in [0.5, 0.6) is 5.75 Å². The van der Waals surface area contributed by atoms with Gasteiger partial charge in [0.25, 0.3) is 5.91 Å². The van der Waals surface area contributed by atoms with Gasteiger partial charge in [-0.2, -0.15) is 4.99 Å². The number of aryl methyl sites for hydroxylation is 2. The highest BCUT2D eigenvalue weighted by atomic mass is 16.5. The summed E-state index contributed by atoms with van der Waals surface area (Å²) in [5.74, 6) is 0.663. The van der Waals surface area contributed by atoms with Crippen LogP contribution in [0.4, 0.5) is 10.5 Å². The summed E-state index contributed by atoms with van der Waals surface area (Å²) < 4.78 is 10.0. The first kappa shape index (κ1) is 23.6. The molecule has 0 saturated carbocycles. The van der Waals surface area contributed by atoms with E-state index < -0.39 is 6.09 Å². The molecular weight excluding hydrogens is 420 g/mol. The fraction of sp³-hybridized carbons (Fsp3) is 0.240. The molecule has 1 aromatic heterocycles. The van der Waals surface area contributed by atoms with E-state index in [0.29, 0.717) is 23.4 Å². The third-order valence-corrected chi connectivity index (χ3v) is 5.08. The molecule has 3 rings (SSSR count). The second-order valence-corrected chi connectivity index (χ2v) is 7.47. The van der Waals surface area contributed by atoms with Crippen molar-refractivity contribution >= 4 is 23.5 Å². The number of nitrogens with two attached hydrogens (primary N) is 1. The second-order valence-electron chi connectivity index (χ2n) is 7.47. The number of amides is 2. The van der Waals surface area contributed by atoms with E-state index in [9.17, 15) is 9.59 Å². The van der Waals surface area contributed by atoms with Gasteiger partial charge in [0.15, 0.2) is 0 Å². The number of methoxy groups -OCH3 is 1. The molecule has 8 nitrogen and oxygen atoms in total. The van der Waals surface area contributed by atoms with Gasteiger partial charge >= 0.3 is 6.09 Å². The maximum Gasteiger partial charge on any atom is 0.435 e. The van der Waals surface area contributed by atoms with Crippen molar-refractivity contribution in [2.24, 2.45) is 10.7 Å². The molecule has 0 spiro atoms. The topological polar surface area (TPSA) is 110 Å². The third-order valence-electron chi connectivity index (χ3n) is 5.08.